The van der Waals surface area contributed by atoms with Crippen LogP contribution in [0.3, 0.4) is 0 Å². The van der Waals surface area contributed by atoms with Crippen LogP contribution >= 0.6 is 0 Å². The number of aromatic amines is 1. The summed E-state index contributed by atoms with van der Waals surface area (Å²) in [5.74, 6) is 0.279. The lowest BCUT2D eigenvalue weighted by atomic mass is 10.0. The number of aromatic nitrogens is 1. The molecule has 18 heavy (non-hydrogen) atoms. The van der Waals surface area contributed by atoms with E-state index in [9.17, 15) is 4.79 Å². The molecule has 0 aliphatic carbocycles. The van der Waals surface area contributed by atoms with Crippen LogP contribution < -0.4 is 0 Å². The van der Waals surface area contributed by atoms with Crippen molar-refractivity contribution in [2.75, 3.05) is 6.54 Å². The van der Waals surface area contributed by atoms with Crippen LogP contribution in [0.4, 0.5) is 0 Å². The summed E-state index contributed by atoms with van der Waals surface area (Å²) in [5.41, 5.74) is 3.80. The molecule has 1 N–H and O–H groups in total. The van der Waals surface area contributed by atoms with Crippen LogP contribution in [0.15, 0.2) is 24.3 Å². The molecule has 1 aliphatic heterocycles. The summed E-state index contributed by atoms with van der Waals surface area (Å²) in [6.45, 7) is 3.65. The summed E-state index contributed by atoms with van der Waals surface area (Å²) in [6, 6.07) is 8.38. The van der Waals surface area contributed by atoms with Crippen LogP contribution in [-0.4, -0.2) is 22.3 Å². The van der Waals surface area contributed by atoms with E-state index in [1.165, 1.54) is 22.2 Å². The first kappa shape index (κ1) is 11.3. The molecule has 0 bridgehead atoms. The van der Waals surface area contributed by atoms with Gasteiger partial charge in [-0.15, -0.1) is 0 Å². The van der Waals surface area contributed by atoms with Crippen molar-refractivity contribution in [1.82, 2.24) is 9.88 Å². The van der Waals surface area contributed by atoms with Crippen molar-refractivity contribution < 1.29 is 4.79 Å². The van der Waals surface area contributed by atoms with E-state index in [4.69, 9.17) is 0 Å². The summed E-state index contributed by atoms with van der Waals surface area (Å²) in [4.78, 5) is 17.4. The van der Waals surface area contributed by atoms with Gasteiger partial charge in [-0.25, -0.2) is 0 Å². The molecule has 1 aliphatic rings. The zero-order valence-corrected chi connectivity index (χ0v) is 10.7. The number of benzene rings is 1. The number of para-hydroxylation sites is 1. The molecule has 0 fully saturated rings. The van der Waals surface area contributed by atoms with E-state index in [0.29, 0.717) is 6.42 Å². The Morgan fingerprint density at radius 2 is 2.22 bits per heavy atom. The van der Waals surface area contributed by atoms with Gasteiger partial charge in [-0.05, 0) is 24.5 Å². The minimum atomic E-state index is 0.279. The Hall–Kier alpha value is -1.77. The number of nitrogens with zero attached hydrogens (tertiary/aromatic N) is 1. The zero-order chi connectivity index (χ0) is 12.5. The summed E-state index contributed by atoms with van der Waals surface area (Å²) < 4.78 is 0. The smallest absolute Gasteiger partial charge is 0.222 e. The molecule has 0 saturated heterocycles. The summed E-state index contributed by atoms with van der Waals surface area (Å²) >= 11 is 0. The molecule has 1 aromatic carbocycles. The van der Waals surface area contributed by atoms with Gasteiger partial charge in [-0.3, -0.25) is 4.79 Å². The first-order valence-corrected chi connectivity index (χ1v) is 6.66. The molecule has 0 unspecified atom stereocenters. The highest BCUT2D eigenvalue weighted by Gasteiger charge is 2.22. The average molecular weight is 242 g/mol. The second kappa shape index (κ2) is 4.48. The Morgan fingerprint density at radius 1 is 1.39 bits per heavy atom. The molecule has 94 valence electrons. The number of rotatable bonds is 2. The SMILES string of the molecule is CCCC(=O)N1CCc2c([nH]c3ccccc23)C1. The zero-order valence-electron chi connectivity index (χ0n) is 10.7. The summed E-state index contributed by atoms with van der Waals surface area (Å²) in [7, 11) is 0. The van der Waals surface area contributed by atoms with Gasteiger partial charge in [0.15, 0.2) is 0 Å². The molecule has 3 heteroatoms. The molecule has 2 heterocycles. The fraction of sp³-hybridized carbons (Fsp3) is 0.400. The lowest BCUT2D eigenvalue weighted by molar-refractivity contribution is -0.132. The largest absolute Gasteiger partial charge is 0.357 e. The number of fused-ring (bicyclic) bond motifs is 3. The number of carbonyl (C=O) groups is 1. The number of hydrogen-bond donors (Lipinski definition) is 1. The minimum Gasteiger partial charge on any atom is -0.357 e. The predicted octanol–water partition coefficient (Wildman–Crippen LogP) is 2.85. The lowest BCUT2D eigenvalue weighted by Crippen LogP contribution is -2.35. The summed E-state index contributed by atoms with van der Waals surface area (Å²) in [5, 5.41) is 1.31. The van der Waals surface area contributed by atoms with Crippen LogP contribution in [0.5, 0.6) is 0 Å². The third-order valence-electron chi connectivity index (χ3n) is 3.70. The van der Waals surface area contributed by atoms with Gasteiger partial charge in [0, 0.05) is 29.6 Å². The molecule has 1 aromatic heterocycles. The summed E-state index contributed by atoms with van der Waals surface area (Å²) in [6.07, 6.45) is 2.55. The fourth-order valence-electron chi connectivity index (χ4n) is 2.78. The highest BCUT2D eigenvalue weighted by molar-refractivity contribution is 5.85. The van der Waals surface area contributed by atoms with Crippen LogP contribution in [0, 0.1) is 0 Å². The van der Waals surface area contributed by atoms with Gasteiger partial charge in [-0.1, -0.05) is 25.1 Å². The standard InChI is InChI=1S/C15H18N2O/c1-2-5-15(18)17-9-8-12-11-6-3-4-7-13(11)16-14(12)10-17/h3-4,6-7,16H,2,5,8-10H2,1H3. The maximum absolute atomic E-state index is 11.9. The monoisotopic (exact) mass is 242 g/mol. The van der Waals surface area contributed by atoms with Crippen molar-refractivity contribution in [1.29, 1.82) is 0 Å². The Labute approximate surface area is 107 Å². The Morgan fingerprint density at radius 3 is 3.06 bits per heavy atom. The Kier molecular flexibility index (Phi) is 2.82. The Bertz CT molecular complexity index is 585. The van der Waals surface area contributed by atoms with Crippen molar-refractivity contribution >= 4 is 16.8 Å². The molecule has 3 rings (SSSR count). The van der Waals surface area contributed by atoms with E-state index in [-0.39, 0.29) is 5.91 Å². The van der Waals surface area contributed by atoms with E-state index >= 15 is 0 Å². The van der Waals surface area contributed by atoms with E-state index in [1.807, 2.05) is 11.0 Å². The third kappa shape index (κ3) is 1.80. The second-order valence-corrected chi connectivity index (χ2v) is 4.94. The normalized spacial score (nSPS) is 14.8. The van der Waals surface area contributed by atoms with E-state index in [1.54, 1.807) is 0 Å². The highest BCUT2D eigenvalue weighted by atomic mass is 16.2. The Balaban J connectivity index is 1.91. The minimum absolute atomic E-state index is 0.279. The maximum atomic E-state index is 11.9. The number of hydrogen-bond acceptors (Lipinski definition) is 1. The van der Waals surface area contributed by atoms with E-state index in [2.05, 4.69) is 30.1 Å². The van der Waals surface area contributed by atoms with Gasteiger partial charge < -0.3 is 9.88 Å². The molecule has 0 saturated carbocycles. The van der Waals surface area contributed by atoms with Crippen LogP contribution in [0.2, 0.25) is 0 Å². The van der Waals surface area contributed by atoms with E-state index in [0.717, 1.165) is 25.9 Å². The molecule has 0 atom stereocenters. The number of carbonyl (C=O) groups excluding carboxylic acids is 1. The highest BCUT2D eigenvalue weighted by Crippen LogP contribution is 2.27. The van der Waals surface area contributed by atoms with Gasteiger partial charge in [0.2, 0.25) is 5.91 Å². The van der Waals surface area contributed by atoms with E-state index < -0.39 is 0 Å². The van der Waals surface area contributed by atoms with Crippen LogP contribution in [0.1, 0.15) is 31.0 Å². The number of H-pyrrole nitrogens is 1. The van der Waals surface area contributed by atoms with Gasteiger partial charge in [-0.2, -0.15) is 0 Å². The molecule has 3 nitrogen and oxygen atoms in total. The second-order valence-electron chi connectivity index (χ2n) is 4.94. The van der Waals surface area contributed by atoms with Crippen LogP contribution in [-0.2, 0) is 17.8 Å². The van der Waals surface area contributed by atoms with Crippen molar-refractivity contribution in [2.45, 2.75) is 32.7 Å². The first-order valence-electron chi connectivity index (χ1n) is 6.66. The molecule has 0 radical (unpaired) electrons. The predicted molar refractivity (Wildman–Crippen MR) is 72.3 cm³/mol. The van der Waals surface area contributed by atoms with Crippen molar-refractivity contribution in [3.63, 3.8) is 0 Å². The topological polar surface area (TPSA) is 36.1 Å². The fourth-order valence-corrected chi connectivity index (χ4v) is 2.78. The maximum Gasteiger partial charge on any atom is 0.222 e. The molecule has 1 amide bonds. The van der Waals surface area contributed by atoms with Gasteiger partial charge in [0.25, 0.3) is 0 Å². The van der Waals surface area contributed by atoms with Gasteiger partial charge >= 0.3 is 0 Å². The number of nitrogens with one attached hydrogen (secondary N) is 1. The number of amides is 1. The molecule has 2 aromatic rings. The molecular weight excluding hydrogens is 224 g/mol. The van der Waals surface area contributed by atoms with Crippen molar-refractivity contribution in [2.24, 2.45) is 0 Å². The third-order valence-corrected chi connectivity index (χ3v) is 3.70. The molecular formula is C15H18N2O. The van der Waals surface area contributed by atoms with Crippen molar-refractivity contribution in [3.8, 4) is 0 Å². The average Bonchev–Trinajstić information content (AvgIpc) is 2.76. The van der Waals surface area contributed by atoms with Gasteiger partial charge in [0.05, 0.1) is 6.54 Å². The van der Waals surface area contributed by atoms with Crippen LogP contribution in [0.25, 0.3) is 10.9 Å². The quantitative estimate of drug-likeness (QED) is 0.863. The lowest BCUT2D eigenvalue weighted by Gasteiger charge is -2.27. The van der Waals surface area contributed by atoms with Gasteiger partial charge in [0.1, 0.15) is 0 Å². The molecule has 0 spiro atoms. The first-order chi connectivity index (χ1) is 8.79. The van der Waals surface area contributed by atoms with Crippen molar-refractivity contribution in [3.05, 3.63) is 35.5 Å².